The molecule has 2 unspecified atom stereocenters. The number of nitrogens with two attached hydrogens (primary N) is 1. The molecule has 0 fully saturated rings. The third kappa shape index (κ3) is 2.74. The van der Waals surface area contributed by atoms with Crippen molar-refractivity contribution in [3.05, 3.63) is 52.7 Å². The van der Waals surface area contributed by atoms with Crippen LogP contribution in [0.3, 0.4) is 0 Å². The lowest BCUT2D eigenvalue weighted by Gasteiger charge is -2.45. The van der Waals surface area contributed by atoms with Gasteiger partial charge in [0.1, 0.15) is 11.8 Å². The van der Waals surface area contributed by atoms with Crippen molar-refractivity contribution in [3.63, 3.8) is 0 Å². The lowest BCUT2D eigenvalue weighted by molar-refractivity contribution is 0.232. The van der Waals surface area contributed by atoms with Gasteiger partial charge in [0.25, 0.3) is 0 Å². The van der Waals surface area contributed by atoms with Crippen LogP contribution >= 0.6 is 0 Å². The highest BCUT2D eigenvalue weighted by atomic mass is 16.5. The molecule has 1 aromatic rings. The van der Waals surface area contributed by atoms with E-state index in [9.17, 15) is 15.8 Å². The summed E-state index contributed by atoms with van der Waals surface area (Å²) in [5.74, 6) is -0.0892. The first kappa shape index (κ1) is 18.5. The number of likely N-dealkylation sites (N-methyl/N-ethyl adjacent to an activating group) is 1. The lowest BCUT2D eigenvalue weighted by Crippen LogP contribution is -2.47. The molecule has 0 saturated carbocycles. The van der Waals surface area contributed by atoms with Gasteiger partial charge >= 0.3 is 0 Å². The third-order valence-electron chi connectivity index (χ3n) is 5.40. The molecule has 2 aliphatic rings. The van der Waals surface area contributed by atoms with Crippen LogP contribution in [0.1, 0.15) is 18.4 Å². The van der Waals surface area contributed by atoms with Gasteiger partial charge < -0.3 is 15.4 Å². The highest BCUT2D eigenvalue weighted by molar-refractivity contribution is 5.60. The molecular weight excluding hydrogens is 338 g/mol. The summed E-state index contributed by atoms with van der Waals surface area (Å²) in [6.07, 6.45) is 1.98. The van der Waals surface area contributed by atoms with E-state index in [2.05, 4.69) is 23.1 Å². The Bertz CT molecular complexity index is 927. The number of hydrogen-bond acceptors (Lipinski definition) is 6. The minimum Gasteiger partial charge on any atom is -0.494 e. The summed E-state index contributed by atoms with van der Waals surface area (Å²) < 4.78 is 5.79. The molecule has 2 atom stereocenters. The van der Waals surface area contributed by atoms with Crippen LogP contribution < -0.4 is 10.5 Å². The van der Waals surface area contributed by atoms with Crippen molar-refractivity contribution in [3.8, 4) is 24.0 Å². The van der Waals surface area contributed by atoms with E-state index in [1.807, 2.05) is 44.3 Å². The summed E-state index contributed by atoms with van der Waals surface area (Å²) in [6, 6.07) is 13.9. The van der Waals surface area contributed by atoms with E-state index in [1.54, 1.807) is 0 Å². The predicted molar refractivity (Wildman–Crippen MR) is 99.9 cm³/mol. The van der Waals surface area contributed by atoms with Gasteiger partial charge in [-0.05, 0) is 25.6 Å². The number of para-hydroxylation sites is 1. The standard InChI is InChI=1S/C21H21N5O/c1-3-27-18-7-5-4-6-15(18)19-17-11-26(2)9-8-14(17)16(10-22)20(25)21(19,12-23)13-24/h4-8,17,19H,3,9,11,25H2,1-2H3. The van der Waals surface area contributed by atoms with E-state index >= 15 is 0 Å². The zero-order chi connectivity index (χ0) is 19.6. The lowest BCUT2D eigenvalue weighted by atomic mass is 9.58. The van der Waals surface area contributed by atoms with Gasteiger partial charge in [0.2, 0.25) is 0 Å². The number of allylic oxidation sites excluding steroid dienone is 2. The zero-order valence-corrected chi connectivity index (χ0v) is 15.4. The molecule has 0 saturated heterocycles. The van der Waals surface area contributed by atoms with Gasteiger partial charge in [-0.1, -0.05) is 24.3 Å². The first-order valence-electron chi connectivity index (χ1n) is 8.87. The Labute approximate surface area is 159 Å². The predicted octanol–water partition coefficient (Wildman–Crippen LogP) is 2.44. The van der Waals surface area contributed by atoms with E-state index < -0.39 is 11.3 Å². The highest BCUT2D eigenvalue weighted by Gasteiger charge is 2.55. The van der Waals surface area contributed by atoms with Gasteiger partial charge in [0, 0.05) is 30.5 Å². The minimum absolute atomic E-state index is 0.0401. The molecule has 1 heterocycles. The van der Waals surface area contributed by atoms with Crippen LogP contribution in [0.4, 0.5) is 0 Å². The molecule has 6 nitrogen and oxygen atoms in total. The number of benzene rings is 1. The fourth-order valence-electron chi connectivity index (χ4n) is 4.19. The molecular formula is C21H21N5O. The number of hydrogen-bond donors (Lipinski definition) is 1. The molecule has 0 amide bonds. The second-order valence-corrected chi connectivity index (χ2v) is 6.87. The maximum absolute atomic E-state index is 10.1. The Hall–Kier alpha value is -3.27. The van der Waals surface area contributed by atoms with Gasteiger partial charge in [-0.3, -0.25) is 0 Å². The van der Waals surface area contributed by atoms with Crippen molar-refractivity contribution < 1.29 is 4.74 Å². The molecule has 1 aliphatic heterocycles. The Morgan fingerprint density at radius 3 is 2.59 bits per heavy atom. The Morgan fingerprint density at radius 2 is 1.96 bits per heavy atom. The molecule has 6 heteroatoms. The highest BCUT2D eigenvalue weighted by Crippen LogP contribution is 2.55. The first-order valence-corrected chi connectivity index (χ1v) is 8.87. The smallest absolute Gasteiger partial charge is 0.191 e. The summed E-state index contributed by atoms with van der Waals surface area (Å²) >= 11 is 0. The summed E-state index contributed by atoms with van der Waals surface area (Å²) in [7, 11) is 1.98. The first-order chi connectivity index (χ1) is 13.0. The van der Waals surface area contributed by atoms with Crippen LogP contribution in [-0.4, -0.2) is 31.6 Å². The second kappa shape index (κ2) is 7.16. The molecule has 0 radical (unpaired) electrons. The van der Waals surface area contributed by atoms with Gasteiger partial charge in [0.15, 0.2) is 5.41 Å². The quantitative estimate of drug-likeness (QED) is 0.887. The maximum atomic E-state index is 10.1. The van der Waals surface area contributed by atoms with Crippen molar-refractivity contribution in [1.29, 1.82) is 15.8 Å². The van der Waals surface area contributed by atoms with Crippen molar-refractivity contribution in [1.82, 2.24) is 4.90 Å². The third-order valence-corrected chi connectivity index (χ3v) is 5.40. The topological polar surface area (TPSA) is 110 Å². The number of nitriles is 3. The van der Waals surface area contributed by atoms with Crippen LogP contribution in [0.15, 0.2) is 47.2 Å². The average molecular weight is 359 g/mol. The Kier molecular flexibility index (Phi) is 4.91. The van der Waals surface area contributed by atoms with Gasteiger partial charge in [-0.25, -0.2) is 0 Å². The van der Waals surface area contributed by atoms with Gasteiger partial charge in [-0.15, -0.1) is 0 Å². The second-order valence-electron chi connectivity index (χ2n) is 6.87. The van der Waals surface area contributed by atoms with Crippen LogP contribution in [-0.2, 0) is 0 Å². The number of ether oxygens (including phenoxy) is 1. The largest absolute Gasteiger partial charge is 0.494 e. The van der Waals surface area contributed by atoms with Crippen LogP contribution in [0.25, 0.3) is 0 Å². The van der Waals surface area contributed by atoms with Crippen LogP contribution in [0.2, 0.25) is 0 Å². The molecule has 0 aromatic heterocycles. The minimum atomic E-state index is -1.63. The fourth-order valence-corrected chi connectivity index (χ4v) is 4.19. The summed E-state index contributed by atoms with van der Waals surface area (Å²) in [5.41, 5.74) is 6.58. The Balaban J connectivity index is 2.34. The molecule has 0 bridgehead atoms. The summed E-state index contributed by atoms with van der Waals surface area (Å²) in [5, 5.41) is 29.8. The van der Waals surface area contributed by atoms with E-state index in [1.165, 1.54) is 0 Å². The number of rotatable bonds is 3. The summed E-state index contributed by atoms with van der Waals surface area (Å²) in [6.45, 7) is 3.68. The molecule has 136 valence electrons. The van der Waals surface area contributed by atoms with Crippen molar-refractivity contribution in [2.75, 3.05) is 26.7 Å². The molecule has 1 aromatic carbocycles. The number of fused-ring (bicyclic) bond motifs is 1. The molecule has 1 aliphatic carbocycles. The maximum Gasteiger partial charge on any atom is 0.191 e. The van der Waals surface area contributed by atoms with Gasteiger partial charge in [-0.2, -0.15) is 15.8 Å². The fraction of sp³-hybridized carbons (Fsp3) is 0.381. The van der Waals surface area contributed by atoms with Crippen LogP contribution in [0, 0.1) is 45.3 Å². The number of nitrogens with zero attached hydrogens (tertiary/aromatic N) is 4. The van der Waals surface area contributed by atoms with Crippen molar-refractivity contribution in [2.24, 2.45) is 17.1 Å². The Morgan fingerprint density at radius 1 is 1.26 bits per heavy atom. The average Bonchev–Trinajstić information content (AvgIpc) is 2.68. The SMILES string of the molecule is CCOc1ccccc1C1C2CN(C)CC=C2C(C#N)=C(N)C1(C#N)C#N. The van der Waals surface area contributed by atoms with Crippen molar-refractivity contribution in [2.45, 2.75) is 12.8 Å². The normalized spacial score (nSPS) is 24.0. The summed E-state index contributed by atoms with van der Waals surface area (Å²) in [4.78, 5) is 2.11. The van der Waals surface area contributed by atoms with E-state index in [0.29, 0.717) is 25.4 Å². The monoisotopic (exact) mass is 359 g/mol. The molecule has 2 N–H and O–H groups in total. The zero-order valence-electron chi connectivity index (χ0n) is 15.4. The molecule has 27 heavy (non-hydrogen) atoms. The molecule has 0 spiro atoms. The van der Waals surface area contributed by atoms with E-state index in [4.69, 9.17) is 10.5 Å². The van der Waals surface area contributed by atoms with E-state index in [-0.39, 0.29) is 17.2 Å². The van der Waals surface area contributed by atoms with Gasteiger partial charge in [0.05, 0.1) is 30.0 Å². The molecule has 3 rings (SSSR count). The van der Waals surface area contributed by atoms with Crippen LogP contribution in [0.5, 0.6) is 5.75 Å². The van der Waals surface area contributed by atoms with E-state index in [0.717, 1.165) is 11.1 Å². The van der Waals surface area contributed by atoms with Crippen molar-refractivity contribution >= 4 is 0 Å².